The molecule has 1 amide bonds. The van der Waals surface area contributed by atoms with Crippen LogP contribution in [0.3, 0.4) is 0 Å². The number of nitrogens with two attached hydrogens (primary N) is 2. The Morgan fingerprint density at radius 3 is 2.77 bits per heavy atom. The minimum absolute atomic E-state index is 0. The lowest BCUT2D eigenvalue weighted by Gasteiger charge is -2.17. The van der Waals surface area contributed by atoms with Crippen LogP contribution in [0, 0.1) is 0 Å². The van der Waals surface area contributed by atoms with E-state index in [4.69, 9.17) is 15.6 Å². The van der Waals surface area contributed by atoms with Crippen LogP contribution < -0.4 is 20.5 Å². The molecule has 1 heterocycles. The molecule has 22 heavy (non-hydrogen) atoms. The zero-order valence-electron chi connectivity index (χ0n) is 12.0. The largest absolute Gasteiger partial charge is 0.383 e. The van der Waals surface area contributed by atoms with Crippen LogP contribution in [-0.2, 0) is 26.2 Å². The fraction of sp³-hybridized carbons (Fsp3) is 0.417. The van der Waals surface area contributed by atoms with Crippen molar-refractivity contribution < 1.29 is 17.9 Å². The van der Waals surface area contributed by atoms with Crippen molar-refractivity contribution in [1.29, 1.82) is 0 Å². The average Bonchev–Trinajstić information content (AvgIpc) is 2.81. The standard InChI is InChI=1S/C12H18N4O4S.ClH/c1-20-7-10(13)12(17)15-9-3-2-8-4-5-16(11(8)6-9)21(14,18)19;/h2-3,6,10H,4-5,7,13H2,1H3,(H,15,17)(H2,14,18,19);1H. The van der Waals surface area contributed by atoms with Crippen molar-refractivity contribution in [3.63, 3.8) is 0 Å². The van der Waals surface area contributed by atoms with Gasteiger partial charge in [-0.1, -0.05) is 6.07 Å². The highest BCUT2D eigenvalue weighted by molar-refractivity contribution is 7.90. The second kappa shape index (κ2) is 7.25. The number of benzene rings is 1. The molecule has 1 aromatic rings. The first-order valence-electron chi connectivity index (χ1n) is 6.31. The Morgan fingerprint density at radius 2 is 2.18 bits per heavy atom. The fourth-order valence-corrected chi connectivity index (χ4v) is 2.97. The van der Waals surface area contributed by atoms with E-state index in [2.05, 4.69) is 5.32 Å². The van der Waals surface area contributed by atoms with E-state index < -0.39 is 22.2 Å². The number of hydrogen-bond donors (Lipinski definition) is 3. The fourth-order valence-electron chi connectivity index (χ4n) is 2.18. The van der Waals surface area contributed by atoms with Gasteiger partial charge in [0.25, 0.3) is 10.2 Å². The Bertz CT molecular complexity index is 653. The molecule has 0 radical (unpaired) electrons. The van der Waals surface area contributed by atoms with Crippen molar-refractivity contribution in [1.82, 2.24) is 0 Å². The normalized spacial score (nSPS) is 15.0. The van der Waals surface area contributed by atoms with Crippen molar-refractivity contribution >= 4 is 39.9 Å². The summed E-state index contributed by atoms with van der Waals surface area (Å²) in [6.45, 7) is 0.398. The zero-order valence-corrected chi connectivity index (χ0v) is 13.6. The zero-order chi connectivity index (χ0) is 15.6. The summed E-state index contributed by atoms with van der Waals surface area (Å²) >= 11 is 0. The Morgan fingerprint density at radius 1 is 1.50 bits per heavy atom. The van der Waals surface area contributed by atoms with Gasteiger partial charge in [-0.05, 0) is 24.1 Å². The summed E-state index contributed by atoms with van der Waals surface area (Å²) in [5.41, 5.74) is 7.43. The van der Waals surface area contributed by atoms with Crippen molar-refractivity contribution in [2.75, 3.05) is 29.9 Å². The van der Waals surface area contributed by atoms with Crippen LogP contribution in [0.15, 0.2) is 18.2 Å². The van der Waals surface area contributed by atoms with E-state index in [1.807, 2.05) is 0 Å². The third-order valence-electron chi connectivity index (χ3n) is 3.20. The third kappa shape index (κ3) is 4.08. The SMILES string of the molecule is COCC(N)C(=O)Nc1ccc2c(c1)N(S(N)(=O)=O)CC2.Cl. The van der Waals surface area contributed by atoms with Crippen molar-refractivity contribution in [3.05, 3.63) is 23.8 Å². The second-order valence-electron chi connectivity index (χ2n) is 4.76. The Hall–Kier alpha value is -1.39. The molecular formula is C12H19ClN4O4S. The van der Waals surface area contributed by atoms with Gasteiger partial charge in [0.1, 0.15) is 6.04 Å². The summed E-state index contributed by atoms with van der Waals surface area (Å²) in [6.07, 6.45) is 0.586. The van der Waals surface area contributed by atoms with E-state index in [0.717, 1.165) is 9.87 Å². The highest BCUT2D eigenvalue weighted by Gasteiger charge is 2.27. The number of nitrogens with one attached hydrogen (secondary N) is 1. The molecule has 1 atom stereocenters. The maximum Gasteiger partial charge on any atom is 0.299 e. The molecule has 0 aromatic heterocycles. The quantitative estimate of drug-likeness (QED) is 0.665. The Kier molecular flexibility index (Phi) is 6.15. The molecule has 1 unspecified atom stereocenters. The Balaban J connectivity index is 0.00000242. The molecule has 0 saturated heterocycles. The van der Waals surface area contributed by atoms with Crippen LogP contribution in [0.4, 0.5) is 11.4 Å². The van der Waals surface area contributed by atoms with Crippen LogP contribution in [0.5, 0.6) is 0 Å². The lowest BCUT2D eigenvalue weighted by atomic mass is 10.1. The molecule has 1 aliphatic rings. The number of hydrogen-bond acceptors (Lipinski definition) is 5. The van der Waals surface area contributed by atoms with Crippen LogP contribution in [0.2, 0.25) is 0 Å². The van der Waals surface area contributed by atoms with Gasteiger partial charge in [0.2, 0.25) is 5.91 Å². The van der Waals surface area contributed by atoms with Gasteiger partial charge in [0, 0.05) is 19.3 Å². The Labute approximate surface area is 135 Å². The number of rotatable bonds is 5. The molecule has 1 aromatic carbocycles. The number of methoxy groups -OCH3 is 1. The van der Waals surface area contributed by atoms with E-state index in [-0.39, 0.29) is 19.0 Å². The molecule has 0 bridgehead atoms. The van der Waals surface area contributed by atoms with Crippen molar-refractivity contribution in [3.8, 4) is 0 Å². The second-order valence-corrected chi connectivity index (χ2v) is 6.23. The smallest absolute Gasteiger partial charge is 0.299 e. The van der Waals surface area contributed by atoms with E-state index in [1.165, 1.54) is 7.11 Å². The summed E-state index contributed by atoms with van der Waals surface area (Å²) in [4.78, 5) is 11.8. The van der Waals surface area contributed by atoms with Gasteiger partial charge in [-0.15, -0.1) is 12.4 Å². The van der Waals surface area contributed by atoms with E-state index in [9.17, 15) is 13.2 Å². The number of anilines is 2. The first-order chi connectivity index (χ1) is 9.82. The molecule has 124 valence electrons. The molecule has 0 spiro atoms. The topological polar surface area (TPSA) is 128 Å². The lowest BCUT2D eigenvalue weighted by Crippen LogP contribution is -2.39. The minimum atomic E-state index is -3.81. The van der Waals surface area contributed by atoms with Crippen LogP contribution in [-0.4, -0.2) is 40.6 Å². The number of carbonyl (C=O) groups is 1. The van der Waals surface area contributed by atoms with Gasteiger partial charge in [0.05, 0.1) is 12.3 Å². The highest BCUT2D eigenvalue weighted by Crippen LogP contribution is 2.31. The number of halogens is 1. The van der Waals surface area contributed by atoms with Crippen LogP contribution in [0.1, 0.15) is 5.56 Å². The first kappa shape index (κ1) is 18.7. The predicted molar refractivity (Wildman–Crippen MR) is 86.3 cm³/mol. The number of nitrogens with zero attached hydrogens (tertiary/aromatic N) is 1. The van der Waals surface area contributed by atoms with Gasteiger partial charge in [-0.25, -0.2) is 5.14 Å². The summed E-state index contributed by atoms with van der Waals surface area (Å²) in [5, 5.41) is 7.79. The van der Waals surface area contributed by atoms with Gasteiger partial charge < -0.3 is 15.8 Å². The summed E-state index contributed by atoms with van der Waals surface area (Å²) < 4.78 is 28.9. The average molecular weight is 351 g/mol. The van der Waals surface area contributed by atoms with Crippen LogP contribution in [0.25, 0.3) is 0 Å². The van der Waals surface area contributed by atoms with Crippen molar-refractivity contribution in [2.45, 2.75) is 12.5 Å². The van der Waals surface area contributed by atoms with Gasteiger partial charge >= 0.3 is 0 Å². The number of fused-ring (bicyclic) bond motifs is 1. The summed E-state index contributed by atoms with van der Waals surface area (Å²) in [6, 6.07) is 4.24. The maximum absolute atomic E-state index is 11.8. The summed E-state index contributed by atoms with van der Waals surface area (Å²) in [7, 11) is -2.36. The van der Waals surface area contributed by atoms with Gasteiger partial charge in [0.15, 0.2) is 0 Å². The van der Waals surface area contributed by atoms with E-state index in [1.54, 1.807) is 18.2 Å². The number of amides is 1. The van der Waals surface area contributed by atoms with E-state index >= 15 is 0 Å². The number of ether oxygens (including phenoxy) is 1. The molecule has 10 heteroatoms. The monoisotopic (exact) mass is 350 g/mol. The lowest BCUT2D eigenvalue weighted by molar-refractivity contribution is -0.118. The third-order valence-corrected chi connectivity index (χ3v) is 4.19. The molecule has 5 N–H and O–H groups in total. The summed E-state index contributed by atoms with van der Waals surface area (Å²) in [5.74, 6) is -0.406. The van der Waals surface area contributed by atoms with Crippen LogP contribution >= 0.6 is 12.4 Å². The highest BCUT2D eigenvalue weighted by atomic mass is 35.5. The number of carbonyl (C=O) groups excluding carboxylic acids is 1. The molecular weight excluding hydrogens is 332 g/mol. The molecule has 2 rings (SSSR count). The molecule has 0 fully saturated rings. The molecule has 0 saturated carbocycles. The molecule has 1 aliphatic heterocycles. The van der Waals surface area contributed by atoms with Gasteiger partial charge in [-0.3, -0.25) is 9.10 Å². The maximum atomic E-state index is 11.8. The van der Waals surface area contributed by atoms with Crippen molar-refractivity contribution in [2.24, 2.45) is 10.9 Å². The van der Waals surface area contributed by atoms with E-state index in [0.29, 0.717) is 24.3 Å². The molecule has 0 aliphatic carbocycles. The molecule has 8 nitrogen and oxygen atoms in total. The predicted octanol–water partition coefficient (Wildman–Crippen LogP) is -0.413. The first-order valence-corrected chi connectivity index (χ1v) is 7.82. The van der Waals surface area contributed by atoms with Gasteiger partial charge in [-0.2, -0.15) is 8.42 Å². The minimum Gasteiger partial charge on any atom is -0.383 e.